The van der Waals surface area contributed by atoms with Gasteiger partial charge < -0.3 is 83.8 Å². The van der Waals surface area contributed by atoms with Gasteiger partial charge in [-0.05, 0) is 142 Å². The van der Waals surface area contributed by atoms with Gasteiger partial charge in [-0.1, -0.05) is 18.2 Å². The van der Waals surface area contributed by atoms with Crippen LogP contribution >= 0.6 is 11.6 Å². The molecule has 0 unspecified atom stereocenters. The van der Waals surface area contributed by atoms with E-state index in [1.54, 1.807) is 6.92 Å². The van der Waals surface area contributed by atoms with E-state index < -0.39 is 194 Å². The van der Waals surface area contributed by atoms with E-state index in [-0.39, 0.29) is 121 Å². The van der Waals surface area contributed by atoms with Crippen molar-refractivity contribution in [1.82, 2.24) is 29.9 Å². The maximum absolute atomic E-state index is 15.3. The number of methoxy groups -OCH3 is 3. The van der Waals surface area contributed by atoms with Gasteiger partial charge in [0.15, 0.2) is 98.0 Å². The number of pyridine rings is 4. The molecule has 5 heterocycles. The predicted octanol–water partition coefficient (Wildman–Crippen LogP) is 24.7. The van der Waals surface area contributed by atoms with E-state index in [4.69, 9.17) is 55.2 Å². The lowest BCUT2D eigenvalue weighted by molar-refractivity contribution is -0.275. The van der Waals surface area contributed by atoms with E-state index in [1.807, 2.05) is 0 Å². The molecular weight excluding hydrogens is 2070 g/mol. The molecule has 0 spiro atoms. The summed E-state index contributed by atoms with van der Waals surface area (Å²) in [5.41, 5.74) is -2.41. The molecule has 148 heavy (non-hydrogen) atoms. The van der Waals surface area contributed by atoms with E-state index >= 15 is 8.78 Å². The number of alkyl halides is 20. The second-order valence-corrected chi connectivity index (χ2v) is 29.7. The first-order valence-corrected chi connectivity index (χ1v) is 41.1. The highest BCUT2D eigenvalue weighted by atomic mass is 35.5. The predicted molar refractivity (Wildman–Crippen MR) is 471 cm³/mol. The molecule has 0 radical (unpaired) electrons. The van der Waals surface area contributed by atoms with Crippen LogP contribution in [0, 0.1) is 44.0 Å². The van der Waals surface area contributed by atoms with Gasteiger partial charge in [0.25, 0.3) is 23.6 Å². The second-order valence-electron chi connectivity index (χ2n) is 29.3. The van der Waals surface area contributed by atoms with Crippen LogP contribution in [0.2, 0.25) is 5.02 Å². The number of nitrogens with one attached hydrogen (secondary N) is 4. The number of ether oxygens (including phenoxy) is 12. The number of hydrogen-bond acceptors (Lipinski definition) is 26. The molecule has 4 amide bonds. The van der Waals surface area contributed by atoms with Gasteiger partial charge in [0, 0.05) is 98.5 Å². The van der Waals surface area contributed by atoms with Crippen LogP contribution in [0.15, 0.2) is 171 Å². The molecule has 0 saturated carbocycles. The van der Waals surface area contributed by atoms with Gasteiger partial charge in [-0.2, -0.15) is 48.3 Å². The molecule has 784 valence electrons. The molecule has 0 aliphatic rings. The van der Waals surface area contributed by atoms with Crippen LogP contribution in [-0.4, -0.2) is 125 Å². The van der Waals surface area contributed by atoms with E-state index in [0.717, 1.165) is 105 Å². The molecule has 0 atom stereocenters. The number of carbonyl (C=O) groups is 7. The van der Waals surface area contributed by atoms with Crippen molar-refractivity contribution in [1.29, 1.82) is 0 Å². The Bertz CT molecular complexity index is 7040. The Morgan fingerprint density at radius 1 is 0.412 bits per heavy atom. The Kier molecular flexibility index (Phi) is 36.8. The molecule has 12 rings (SSSR count). The Morgan fingerprint density at radius 3 is 1.22 bits per heavy atom. The quantitative estimate of drug-likeness (QED) is 0.0206. The number of carbonyl (C=O) groups excluding carboxylic acids is 7. The highest BCUT2D eigenvalue weighted by molar-refractivity contribution is 6.31. The first-order valence-electron chi connectivity index (χ1n) is 40.7. The third-order valence-corrected chi connectivity index (χ3v) is 19.2. The van der Waals surface area contributed by atoms with Gasteiger partial charge in [0.1, 0.15) is 91.3 Å². The van der Waals surface area contributed by atoms with Gasteiger partial charge in [0.05, 0.1) is 56.0 Å². The fourth-order valence-corrected chi connectivity index (χ4v) is 12.3. The molecule has 0 aliphatic carbocycles. The standard InChI is InChI=1S/C25H21F6N3O6.C24H19ClF4N2O5.C22H15F7N4O4.C22H13F7N2O4/c1-5-38-21-20(23(36)34-15-9-16(13(3)35)32-10-12(15)2)19(11-33-22(21)24(26,27)28)39-17-7-6-14(8-18(17)37-4)40-25(29,30)31;1-11-10-30-17(13(3)32)9-16(11)31-23(33)21-20(8-15(25)12(2)22(21)26)35-18-6-5-14(7-19(18)34-4)36-24(27,28)29;1-10(30)19-31-8-7-16(32-19)33-20(34)17-14(6-4-12(18(17)23)21(24,25)26)36-13-5-3-11(9-15(13)35-2)37-22(27,28)29;1-10(32)14-9-12(6-7-30-14)31-20(33)18-16(5-3-13(19(18)24)22(27,28)29)34-15-4-2-11(23)8-17(15)35-21(25)26/h6-11H,5H2,1-4H3,(H,32,34,36);5-10H,1-4H3,(H,30,31,33);3-9H,1,30H2,2H3,(H,31,32,33,34);2-9,21H,1H3,(H,30,31,33). The molecule has 30 nitrogen and oxygen atoms in total. The van der Waals surface area contributed by atoms with Crippen LogP contribution in [0.4, 0.5) is 128 Å². The van der Waals surface area contributed by atoms with Crippen molar-refractivity contribution in [2.45, 2.75) is 92.7 Å². The molecule has 0 aliphatic heterocycles. The topological polar surface area (TPSA) is 382 Å². The van der Waals surface area contributed by atoms with Crippen LogP contribution in [0.25, 0.3) is 5.70 Å². The lowest BCUT2D eigenvalue weighted by Gasteiger charge is -2.20. The first-order chi connectivity index (χ1) is 69.0. The van der Waals surface area contributed by atoms with E-state index in [9.17, 15) is 130 Å². The zero-order valence-corrected chi connectivity index (χ0v) is 77.3. The van der Waals surface area contributed by atoms with Gasteiger partial charge in [-0.15, -0.1) is 39.5 Å². The summed E-state index contributed by atoms with van der Waals surface area (Å²) in [5.74, 6) is -20.9. The minimum absolute atomic E-state index is 0.0148. The zero-order chi connectivity index (χ0) is 110. The highest BCUT2D eigenvalue weighted by Crippen LogP contribution is 2.49. The lowest BCUT2D eigenvalue weighted by atomic mass is 10.1. The average molecular weight is 2140 g/mol. The Balaban J connectivity index is 0.000000219. The largest absolute Gasteiger partial charge is 0.573 e. The zero-order valence-electron chi connectivity index (χ0n) is 76.5. The first kappa shape index (κ1) is 114. The minimum atomic E-state index is -5.20. The number of nitrogens with zero attached hydrogens (tertiary/aromatic N) is 6. The maximum atomic E-state index is 15.3. The van der Waals surface area contributed by atoms with Gasteiger partial charge >= 0.3 is 44.2 Å². The second kappa shape index (κ2) is 47.6. The summed E-state index contributed by atoms with van der Waals surface area (Å²) in [6.45, 7) is 9.30. The molecule has 5 aromatic heterocycles. The number of nitrogens with two attached hydrogens (primary N) is 1. The molecule has 0 fully saturated rings. The molecule has 0 bridgehead atoms. The number of aryl methyl sites for hydroxylation is 2. The van der Waals surface area contributed by atoms with Crippen molar-refractivity contribution < 1.29 is 196 Å². The monoisotopic (exact) mass is 2130 g/mol. The molecular formula is C93H68ClF24N11O19. The SMILES string of the molecule is C=C(N)c1nccc(NC(=O)c2c(Oc3ccc(OC(F)(F)F)cc3OC)ccc(C(F)(F)F)c2F)n1.CC(=O)c1cc(NC(=O)c2c(Oc3ccc(F)cc3OC(F)F)ccc(C(F)(F)F)c2F)ccn1.CCOc1c(C(F)(F)F)ncc(Oc2ccc(OC(F)(F)F)cc2OC)c1C(=O)Nc1cc(C(C)=O)ncc1C.COc1cc(OC(F)(F)F)ccc1Oc1cc(Cl)c(C)c(F)c1C(=O)Nc1cc(C(C)=O)ncc1C. The summed E-state index contributed by atoms with van der Waals surface area (Å²) in [6.07, 6.45) is -24.8. The number of hydrogen-bond donors (Lipinski definition) is 5. The molecule has 7 aromatic carbocycles. The maximum Gasteiger partial charge on any atom is 0.573 e. The number of aromatic nitrogens is 6. The summed E-state index contributed by atoms with van der Waals surface area (Å²) in [5, 5.41) is 9.13. The number of halogens is 25. The third kappa shape index (κ3) is 30.7. The summed E-state index contributed by atoms with van der Waals surface area (Å²) in [4.78, 5) is 110. The van der Waals surface area contributed by atoms with Crippen molar-refractivity contribution in [2.24, 2.45) is 5.73 Å². The molecule has 55 heteroatoms. The third-order valence-electron chi connectivity index (χ3n) is 18.8. The minimum Gasteiger partial charge on any atom is -0.493 e. The molecule has 12 aromatic rings. The van der Waals surface area contributed by atoms with Crippen molar-refractivity contribution in [2.75, 3.05) is 49.2 Å². The number of ketones is 3. The fraction of sp³-hybridized carbons (Fsp3) is 0.194. The van der Waals surface area contributed by atoms with Crippen molar-refractivity contribution in [3.63, 3.8) is 0 Å². The summed E-state index contributed by atoms with van der Waals surface area (Å²) < 4.78 is 376. The fourth-order valence-electron chi connectivity index (χ4n) is 12.1. The van der Waals surface area contributed by atoms with E-state index in [2.05, 4.69) is 76.7 Å². The lowest BCUT2D eigenvalue weighted by Crippen LogP contribution is -2.20. The highest BCUT2D eigenvalue weighted by Gasteiger charge is 2.44. The van der Waals surface area contributed by atoms with Gasteiger partial charge in [0.2, 0.25) is 0 Å². The summed E-state index contributed by atoms with van der Waals surface area (Å²) in [7, 11) is 3.33. The summed E-state index contributed by atoms with van der Waals surface area (Å²) >= 11 is 6.10. The summed E-state index contributed by atoms with van der Waals surface area (Å²) in [6, 6.07) is 19.3. The van der Waals surface area contributed by atoms with Gasteiger partial charge in [-0.3, -0.25) is 48.5 Å². The molecule has 0 saturated heterocycles. The Morgan fingerprint density at radius 2 is 0.804 bits per heavy atom. The van der Waals surface area contributed by atoms with Crippen LogP contribution in [0.1, 0.15) is 140 Å². The van der Waals surface area contributed by atoms with Crippen LogP contribution < -0.4 is 83.8 Å². The number of anilines is 4. The van der Waals surface area contributed by atoms with Crippen molar-refractivity contribution in [3.8, 4) is 92.0 Å². The number of rotatable bonds is 30. The van der Waals surface area contributed by atoms with E-state index in [1.165, 1.54) is 85.3 Å². The number of Topliss-reactive ketones (excluding diaryl/α,β-unsaturated/α-hetero) is 3. The van der Waals surface area contributed by atoms with Crippen LogP contribution in [0.5, 0.6) is 92.0 Å². The Labute approximate surface area is 821 Å². The number of amides is 4. The smallest absolute Gasteiger partial charge is 0.493 e. The van der Waals surface area contributed by atoms with E-state index in [0.29, 0.717) is 41.6 Å². The molecule has 6 N–H and O–H groups in total. The van der Waals surface area contributed by atoms with Crippen molar-refractivity contribution >= 4 is 81.2 Å². The van der Waals surface area contributed by atoms with Crippen LogP contribution in [-0.2, 0) is 18.5 Å². The van der Waals surface area contributed by atoms with Crippen LogP contribution in [0.3, 0.4) is 0 Å². The van der Waals surface area contributed by atoms with Crippen molar-refractivity contribution in [3.05, 3.63) is 278 Å². The average Bonchev–Trinajstić information content (AvgIpc) is 0.768. The Hall–Kier alpha value is -17.1. The normalized spacial score (nSPS) is 11.4. The number of benzene rings is 7. The van der Waals surface area contributed by atoms with Gasteiger partial charge in [-0.25, -0.2) is 32.5 Å².